The van der Waals surface area contributed by atoms with Crippen molar-refractivity contribution in [3.63, 3.8) is 0 Å². The highest BCUT2D eigenvalue weighted by Crippen LogP contribution is 2.06. The molecule has 0 aromatic carbocycles. The van der Waals surface area contributed by atoms with Gasteiger partial charge in [-0.25, -0.2) is 4.79 Å². The fourth-order valence-electron chi connectivity index (χ4n) is 0.925. The molecule has 1 aromatic rings. The van der Waals surface area contributed by atoms with E-state index in [0.717, 1.165) is 0 Å². The molecule has 1 aromatic heterocycles. The van der Waals surface area contributed by atoms with Gasteiger partial charge in [0.2, 0.25) is 0 Å². The summed E-state index contributed by atoms with van der Waals surface area (Å²) in [6, 6.07) is 0. The number of nitrogens with zero attached hydrogens (tertiary/aromatic N) is 3. The van der Waals surface area contributed by atoms with E-state index in [1.54, 1.807) is 20.2 Å². The fraction of sp³-hybridized carbons (Fsp3) is 0.375. The van der Waals surface area contributed by atoms with Gasteiger partial charge in [0.15, 0.2) is 0 Å². The van der Waals surface area contributed by atoms with Gasteiger partial charge in [0, 0.05) is 12.6 Å². The molecular weight excluding hydrogens is 170 g/mol. The molecule has 70 valence electrons. The summed E-state index contributed by atoms with van der Waals surface area (Å²) in [5.41, 5.74) is 0.905. The molecule has 0 aliphatic rings. The Bertz CT molecular complexity index is 341. The van der Waals surface area contributed by atoms with Gasteiger partial charge in [-0.2, -0.15) is 0 Å². The van der Waals surface area contributed by atoms with Gasteiger partial charge in [0.1, 0.15) is 5.69 Å². The first kappa shape index (κ1) is 9.44. The Hall–Kier alpha value is -1.65. The molecule has 0 unspecified atom stereocenters. The molecule has 0 amide bonds. The molecule has 0 aliphatic heterocycles. The van der Waals surface area contributed by atoms with Crippen molar-refractivity contribution in [1.82, 2.24) is 15.0 Å². The number of hydrogen-bond acceptors (Lipinski definition) is 3. The maximum Gasteiger partial charge on any atom is 0.331 e. The summed E-state index contributed by atoms with van der Waals surface area (Å²) in [4.78, 5) is 10.6. The molecule has 0 atom stereocenters. The van der Waals surface area contributed by atoms with Gasteiger partial charge in [-0.3, -0.25) is 4.68 Å². The minimum Gasteiger partial charge on any atom is -0.478 e. The van der Waals surface area contributed by atoms with Crippen molar-refractivity contribution in [1.29, 1.82) is 0 Å². The third-order valence-electron chi connectivity index (χ3n) is 1.60. The molecule has 0 fully saturated rings. The van der Waals surface area contributed by atoms with E-state index in [-0.39, 0.29) is 0 Å². The molecule has 0 saturated carbocycles. The van der Waals surface area contributed by atoms with Crippen LogP contribution in [0.15, 0.2) is 11.8 Å². The summed E-state index contributed by atoms with van der Waals surface area (Å²) < 4.78 is 1.53. The van der Waals surface area contributed by atoms with Crippen molar-refractivity contribution in [2.24, 2.45) is 7.05 Å². The van der Waals surface area contributed by atoms with E-state index in [2.05, 4.69) is 10.3 Å². The van der Waals surface area contributed by atoms with E-state index in [0.29, 0.717) is 17.7 Å². The van der Waals surface area contributed by atoms with E-state index < -0.39 is 5.97 Å². The van der Waals surface area contributed by atoms with E-state index in [1.165, 1.54) is 10.8 Å². The second-order valence-electron chi connectivity index (χ2n) is 2.65. The molecule has 0 aliphatic carbocycles. The maximum atomic E-state index is 10.6. The van der Waals surface area contributed by atoms with Gasteiger partial charge >= 0.3 is 5.97 Å². The fourth-order valence-corrected chi connectivity index (χ4v) is 0.925. The number of aryl methyl sites for hydroxylation is 1. The Kier molecular flexibility index (Phi) is 2.79. The topological polar surface area (TPSA) is 68.0 Å². The average molecular weight is 181 g/mol. The summed E-state index contributed by atoms with van der Waals surface area (Å²) in [5, 5.41) is 16.2. The first-order valence-electron chi connectivity index (χ1n) is 3.93. The lowest BCUT2D eigenvalue weighted by molar-refractivity contribution is -0.132. The van der Waals surface area contributed by atoms with Crippen LogP contribution >= 0.6 is 0 Å². The van der Waals surface area contributed by atoms with E-state index in [9.17, 15) is 4.79 Å². The molecule has 0 spiro atoms. The summed E-state index contributed by atoms with van der Waals surface area (Å²) in [6.45, 7) is 1.79. The number of aliphatic carboxylic acids is 1. The highest BCUT2D eigenvalue weighted by molar-refractivity contribution is 5.91. The van der Waals surface area contributed by atoms with Crippen molar-refractivity contribution < 1.29 is 9.90 Å². The van der Waals surface area contributed by atoms with Gasteiger partial charge in [-0.15, -0.1) is 5.10 Å². The summed E-state index contributed by atoms with van der Waals surface area (Å²) in [6.07, 6.45) is 3.67. The van der Waals surface area contributed by atoms with Crippen LogP contribution in [0.25, 0.3) is 6.08 Å². The van der Waals surface area contributed by atoms with Gasteiger partial charge in [-0.1, -0.05) is 12.1 Å². The maximum absolute atomic E-state index is 10.6. The predicted octanol–water partition coefficient (Wildman–Crippen LogP) is 0.693. The van der Waals surface area contributed by atoms with Gasteiger partial charge < -0.3 is 5.11 Å². The number of rotatable bonds is 3. The van der Waals surface area contributed by atoms with E-state index >= 15 is 0 Å². The lowest BCUT2D eigenvalue weighted by Gasteiger charge is -1.93. The molecule has 1 rings (SSSR count). The Morgan fingerprint density at radius 3 is 2.85 bits per heavy atom. The molecule has 13 heavy (non-hydrogen) atoms. The predicted molar refractivity (Wildman–Crippen MR) is 46.9 cm³/mol. The molecule has 5 nitrogen and oxygen atoms in total. The minimum absolute atomic E-state index is 0.334. The van der Waals surface area contributed by atoms with Gasteiger partial charge in [-0.05, 0) is 12.5 Å². The molecule has 1 N–H and O–H groups in total. The van der Waals surface area contributed by atoms with Crippen molar-refractivity contribution >= 4 is 12.0 Å². The van der Waals surface area contributed by atoms with Crippen LogP contribution in [0.1, 0.15) is 19.0 Å². The monoisotopic (exact) mass is 181 g/mol. The van der Waals surface area contributed by atoms with Crippen LogP contribution in [0.2, 0.25) is 0 Å². The summed E-state index contributed by atoms with van der Waals surface area (Å²) >= 11 is 0. The Morgan fingerprint density at radius 1 is 1.77 bits per heavy atom. The third-order valence-corrected chi connectivity index (χ3v) is 1.60. The Morgan fingerprint density at radius 2 is 2.46 bits per heavy atom. The van der Waals surface area contributed by atoms with E-state index in [4.69, 9.17) is 5.11 Å². The van der Waals surface area contributed by atoms with Crippen molar-refractivity contribution in [2.45, 2.75) is 13.3 Å². The normalized spacial score (nSPS) is 11.7. The Labute approximate surface area is 75.7 Å². The van der Waals surface area contributed by atoms with Crippen molar-refractivity contribution in [3.05, 3.63) is 17.5 Å². The summed E-state index contributed by atoms with van der Waals surface area (Å²) in [5.74, 6) is -0.909. The number of hydrogen-bond donors (Lipinski definition) is 1. The SMILES string of the molecule is CC/C(=C\c1cn(C)nn1)C(=O)O. The standard InChI is InChI=1S/C8H11N3O2/c1-3-6(8(12)13)4-7-5-11(2)10-9-7/h4-5H,3H2,1-2H3,(H,12,13)/b6-4+. The zero-order valence-electron chi connectivity index (χ0n) is 7.56. The largest absolute Gasteiger partial charge is 0.478 e. The lowest BCUT2D eigenvalue weighted by atomic mass is 10.2. The first-order valence-corrected chi connectivity index (χ1v) is 3.93. The first-order chi connectivity index (χ1) is 6.13. The number of carbonyl (C=O) groups is 1. The molecule has 0 radical (unpaired) electrons. The smallest absolute Gasteiger partial charge is 0.331 e. The Balaban J connectivity index is 2.91. The van der Waals surface area contributed by atoms with Crippen LogP contribution in [-0.2, 0) is 11.8 Å². The summed E-state index contributed by atoms with van der Waals surface area (Å²) in [7, 11) is 1.73. The van der Waals surface area contributed by atoms with Gasteiger partial charge in [0.05, 0.1) is 6.20 Å². The van der Waals surface area contributed by atoms with Gasteiger partial charge in [0.25, 0.3) is 0 Å². The number of carboxylic acids is 1. The van der Waals surface area contributed by atoms with Crippen LogP contribution in [0.3, 0.4) is 0 Å². The van der Waals surface area contributed by atoms with Crippen LogP contribution in [-0.4, -0.2) is 26.1 Å². The molecule has 0 saturated heterocycles. The molecular formula is C8H11N3O2. The average Bonchev–Trinajstić information content (AvgIpc) is 2.46. The highest BCUT2D eigenvalue weighted by atomic mass is 16.4. The van der Waals surface area contributed by atoms with E-state index in [1.807, 2.05) is 0 Å². The minimum atomic E-state index is -0.909. The van der Waals surface area contributed by atoms with Crippen molar-refractivity contribution in [2.75, 3.05) is 0 Å². The highest BCUT2D eigenvalue weighted by Gasteiger charge is 2.05. The second kappa shape index (κ2) is 3.84. The van der Waals surface area contributed by atoms with Crippen LogP contribution < -0.4 is 0 Å². The molecule has 5 heteroatoms. The van der Waals surface area contributed by atoms with Crippen molar-refractivity contribution in [3.8, 4) is 0 Å². The molecule has 0 bridgehead atoms. The third kappa shape index (κ3) is 2.40. The number of carboxylic acid groups (broad SMARTS) is 1. The van der Waals surface area contributed by atoms with Crippen LogP contribution in [0, 0.1) is 0 Å². The second-order valence-corrected chi connectivity index (χ2v) is 2.65. The zero-order chi connectivity index (χ0) is 9.84. The van der Waals surface area contributed by atoms with Crippen LogP contribution in [0.5, 0.6) is 0 Å². The molecule has 1 heterocycles. The zero-order valence-corrected chi connectivity index (χ0v) is 7.56. The van der Waals surface area contributed by atoms with Crippen LogP contribution in [0.4, 0.5) is 0 Å². The number of aromatic nitrogens is 3. The lowest BCUT2D eigenvalue weighted by Crippen LogP contribution is -1.98. The quantitative estimate of drug-likeness (QED) is 0.697.